The van der Waals surface area contributed by atoms with Crippen LogP contribution in [-0.4, -0.2) is 17.3 Å². The van der Waals surface area contributed by atoms with Crippen LogP contribution in [0.4, 0.5) is 5.69 Å². The summed E-state index contributed by atoms with van der Waals surface area (Å²) in [6.07, 6.45) is 0.789. The number of rotatable bonds is 3. The van der Waals surface area contributed by atoms with Crippen LogP contribution in [0.25, 0.3) is 0 Å². The number of hydrogen-bond donors (Lipinski definition) is 3. The van der Waals surface area contributed by atoms with Gasteiger partial charge in [-0.25, -0.2) is 0 Å². The Balaban J connectivity index is 2.64. The lowest BCUT2D eigenvalue weighted by atomic mass is 10.2. The van der Waals surface area contributed by atoms with E-state index in [4.69, 9.17) is 10.9 Å². The zero-order valence-corrected chi connectivity index (χ0v) is 7.47. The molecule has 74 valence electrons. The van der Waals surface area contributed by atoms with Gasteiger partial charge in [0.25, 0.3) is 5.91 Å². The number of nitrogens with zero attached hydrogens (tertiary/aromatic N) is 1. The van der Waals surface area contributed by atoms with Crippen molar-refractivity contribution >= 4 is 17.8 Å². The van der Waals surface area contributed by atoms with Crippen molar-refractivity contribution in [2.24, 2.45) is 10.9 Å². The Labute approximate surface area is 81.2 Å². The fourth-order valence-corrected chi connectivity index (χ4v) is 0.951. The van der Waals surface area contributed by atoms with E-state index in [0.29, 0.717) is 12.2 Å². The molecule has 0 aliphatic carbocycles. The van der Waals surface area contributed by atoms with Gasteiger partial charge in [0.05, 0.1) is 0 Å². The monoisotopic (exact) mass is 193 g/mol. The SMILES string of the molecule is NCc1ccc(NC(=O)C=NO)cc1. The van der Waals surface area contributed by atoms with Gasteiger partial charge < -0.3 is 16.3 Å². The molecule has 1 rings (SSSR count). The molecule has 0 saturated carbocycles. The molecule has 0 aliphatic rings. The van der Waals surface area contributed by atoms with Crippen LogP contribution in [0.5, 0.6) is 0 Å². The number of oxime groups is 1. The van der Waals surface area contributed by atoms with Gasteiger partial charge in [0.1, 0.15) is 6.21 Å². The summed E-state index contributed by atoms with van der Waals surface area (Å²) in [4.78, 5) is 10.9. The minimum atomic E-state index is -0.479. The Bertz CT molecular complexity index is 332. The summed E-state index contributed by atoms with van der Waals surface area (Å²) in [5, 5.41) is 13.2. The van der Waals surface area contributed by atoms with Gasteiger partial charge in [-0.1, -0.05) is 17.3 Å². The molecular weight excluding hydrogens is 182 g/mol. The van der Waals surface area contributed by atoms with E-state index in [0.717, 1.165) is 11.8 Å². The number of carbonyl (C=O) groups is 1. The Morgan fingerprint density at radius 3 is 2.64 bits per heavy atom. The summed E-state index contributed by atoms with van der Waals surface area (Å²) in [6, 6.07) is 7.08. The molecule has 0 bridgehead atoms. The van der Waals surface area contributed by atoms with Gasteiger partial charge in [-0.2, -0.15) is 0 Å². The topological polar surface area (TPSA) is 87.7 Å². The van der Waals surface area contributed by atoms with Crippen molar-refractivity contribution in [2.45, 2.75) is 6.54 Å². The van der Waals surface area contributed by atoms with Gasteiger partial charge in [0.15, 0.2) is 0 Å². The Morgan fingerprint density at radius 2 is 2.14 bits per heavy atom. The van der Waals surface area contributed by atoms with Crippen molar-refractivity contribution in [3.05, 3.63) is 29.8 Å². The zero-order chi connectivity index (χ0) is 10.4. The second kappa shape index (κ2) is 4.98. The molecule has 4 N–H and O–H groups in total. The minimum Gasteiger partial charge on any atom is -0.411 e. The van der Waals surface area contributed by atoms with Crippen LogP contribution >= 0.6 is 0 Å². The largest absolute Gasteiger partial charge is 0.411 e. The van der Waals surface area contributed by atoms with E-state index in [-0.39, 0.29) is 0 Å². The number of benzene rings is 1. The van der Waals surface area contributed by atoms with Crippen LogP contribution in [0.2, 0.25) is 0 Å². The molecule has 0 radical (unpaired) electrons. The van der Waals surface area contributed by atoms with Crippen LogP contribution in [0.3, 0.4) is 0 Å². The van der Waals surface area contributed by atoms with E-state index in [1.54, 1.807) is 12.1 Å². The lowest BCUT2D eigenvalue weighted by Gasteiger charge is -2.02. The van der Waals surface area contributed by atoms with E-state index < -0.39 is 5.91 Å². The highest BCUT2D eigenvalue weighted by molar-refractivity contribution is 6.31. The van der Waals surface area contributed by atoms with Crippen molar-refractivity contribution in [1.82, 2.24) is 0 Å². The first-order valence-electron chi connectivity index (χ1n) is 4.03. The van der Waals surface area contributed by atoms with E-state index >= 15 is 0 Å². The van der Waals surface area contributed by atoms with Crippen molar-refractivity contribution in [1.29, 1.82) is 0 Å². The Kier molecular flexibility index (Phi) is 3.63. The molecule has 0 heterocycles. The van der Waals surface area contributed by atoms with Gasteiger partial charge in [-0.15, -0.1) is 0 Å². The molecule has 0 fully saturated rings. The lowest BCUT2D eigenvalue weighted by molar-refractivity contribution is -0.110. The third-order valence-corrected chi connectivity index (χ3v) is 1.63. The molecule has 1 aromatic carbocycles. The van der Waals surface area contributed by atoms with Crippen molar-refractivity contribution in [2.75, 3.05) is 5.32 Å². The summed E-state index contributed by atoms with van der Waals surface area (Å²) in [5.74, 6) is -0.479. The highest BCUT2D eigenvalue weighted by Gasteiger charge is 1.97. The lowest BCUT2D eigenvalue weighted by Crippen LogP contribution is -2.12. The molecule has 0 atom stereocenters. The van der Waals surface area contributed by atoms with Crippen molar-refractivity contribution < 1.29 is 10.0 Å². The molecule has 0 saturated heterocycles. The highest BCUT2D eigenvalue weighted by atomic mass is 16.4. The second-order valence-corrected chi connectivity index (χ2v) is 2.63. The number of carbonyl (C=O) groups excluding carboxylic acids is 1. The highest BCUT2D eigenvalue weighted by Crippen LogP contribution is 2.08. The van der Waals surface area contributed by atoms with Crippen LogP contribution in [0.1, 0.15) is 5.56 Å². The van der Waals surface area contributed by atoms with Crippen LogP contribution < -0.4 is 11.1 Å². The fraction of sp³-hybridized carbons (Fsp3) is 0.111. The van der Waals surface area contributed by atoms with E-state index in [1.807, 2.05) is 12.1 Å². The summed E-state index contributed by atoms with van der Waals surface area (Å²) >= 11 is 0. The van der Waals surface area contributed by atoms with E-state index in [2.05, 4.69) is 10.5 Å². The molecule has 0 aliphatic heterocycles. The molecule has 1 aromatic rings. The van der Waals surface area contributed by atoms with Gasteiger partial charge in [0.2, 0.25) is 0 Å². The number of hydrogen-bond acceptors (Lipinski definition) is 4. The molecular formula is C9H11N3O2. The summed E-state index contributed by atoms with van der Waals surface area (Å²) < 4.78 is 0. The molecule has 5 nitrogen and oxygen atoms in total. The summed E-state index contributed by atoms with van der Waals surface area (Å²) in [5.41, 5.74) is 7.02. The molecule has 0 spiro atoms. The normalized spacial score (nSPS) is 10.4. The minimum absolute atomic E-state index is 0.465. The van der Waals surface area contributed by atoms with Gasteiger partial charge in [0, 0.05) is 12.2 Å². The number of nitrogens with two attached hydrogens (primary N) is 1. The summed E-state index contributed by atoms with van der Waals surface area (Å²) in [7, 11) is 0. The molecule has 5 heteroatoms. The number of amides is 1. The van der Waals surface area contributed by atoms with E-state index in [9.17, 15) is 4.79 Å². The van der Waals surface area contributed by atoms with Gasteiger partial charge in [-0.05, 0) is 17.7 Å². The van der Waals surface area contributed by atoms with Crippen molar-refractivity contribution in [3.8, 4) is 0 Å². The van der Waals surface area contributed by atoms with Gasteiger partial charge >= 0.3 is 0 Å². The van der Waals surface area contributed by atoms with E-state index in [1.165, 1.54) is 0 Å². The number of nitrogens with one attached hydrogen (secondary N) is 1. The standard InChI is InChI=1S/C9H11N3O2/c10-5-7-1-3-8(4-2-7)12-9(13)6-11-14/h1-4,6,14H,5,10H2,(H,12,13). The fourth-order valence-electron chi connectivity index (χ4n) is 0.951. The average Bonchev–Trinajstić information content (AvgIpc) is 2.19. The zero-order valence-electron chi connectivity index (χ0n) is 7.47. The van der Waals surface area contributed by atoms with Crippen LogP contribution in [0, 0.1) is 0 Å². The maximum atomic E-state index is 10.9. The first kappa shape index (κ1) is 10.2. The first-order chi connectivity index (χ1) is 6.76. The smallest absolute Gasteiger partial charge is 0.270 e. The maximum Gasteiger partial charge on any atom is 0.270 e. The average molecular weight is 193 g/mol. The quantitative estimate of drug-likeness (QED) is 0.372. The third kappa shape index (κ3) is 2.87. The maximum absolute atomic E-state index is 10.9. The van der Waals surface area contributed by atoms with Crippen LogP contribution in [0.15, 0.2) is 29.4 Å². The predicted molar refractivity (Wildman–Crippen MR) is 53.2 cm³/mol. The van der Waals surface area contributed by atoms with Crippen LogP contribution in [-0.2, 0) is 11.3 Å². The van der Waals surface area contributed by atoms with Gasteiger partial charge in [-0.3, -0.25) is 4.79 Å². The Hall–Kier alpha value is -1.88. The Morgan fingerprint density at radius 1 is 1.50 bits per heavy atom. The molecule has 14 heavy (non-hydrogen) atoms. The molecule has 0 aromatic heterocycles. The summed E-state index contributed by atoms with van der Waals surface area (Å²) in [6.45, 7) is 0.465. The molecule has 0 unspecified atom stereocenters. The second-order valence-electron chi connectivity index (χ2n) is 2.63. The first-order valence-corrected chi connectivity index (χ1v) is 4.03. The molecule has 1 amide bonds. The number of anilines is 1. The third-order valence-electron chi connectivity index (χ3n) is 1.63. The van der Waals surface area contributed by atoms with Crippen molar-refractivity contribution in [3.63, 3.8) is 0 Å². The predicted octanol–water partition coefficient (Wildman–Crippen LogP) is 0.544.